The van der Waals surface area contributed by atoms with Crippen LogP contribution in [0.1, 0.15) is 0 Å². The highest BCUT2D eigenvalue weighted by Gasteiger charge is 2.21. The summed E-state index contributed by atoms with van der Waals surface area (Å²) in [4.78, 5) is 2.38. The van der Waals surface area contributed by atoms with E-state index in [1.54, 1.807) is 0 Å². The number of rotatable bonds is 5. The zero-order valence-electron chi connectivity index (χ0n) is 16.5. The highest BCUT2D eigenvalue weighted by atomic mass is 35.5. The minimum atomic E-state index is 0.586. The van der Waals surface area contributed by atoms with E-state index < -0.39 is 0 Å². The fraction of sp³-hybridized carbons (Fsp3) is 0.261. The van der Waals surface area contributed by atoms with Gasteiger partial charge in [0, 0.05) is 30.8 Å². The van der Waals surface area contributed by atoms with E-state index in [2.05, 4.69) is 15.1 Å². The first-order valence-electron chi connectivity index (χ1n) is 10.1. The number of benzene rings is 2. The molecule has 7 heteroatoms. The summed E-state index contributed by atoms with van der Waals surface area (Å²) in [5, 5.41) is 15.4. The van der Waals surface area contributed by atoms with Crippen molar-refractivity contribution < 1.29 is 4.74 Å². The van der Waals surface area contributed by atoms with Crippen LogP contribution in [0, 0.1) is 0 Å². The summed E-state index contributed by atoms with van der Waals surface area (Å²) in [5.41, 5.74) is 4.18. The topological polar surface area (TPSA) is 56.1 Å². The number of hydrogen-bond acceptors (Lipinski definition) is 5. The smallest absolute Gasteiger partial charge is 0.182 e. The zero-order valence-corrected chi connectivity index (χ0v) is 17.3. The van der Waals surface area contributed by atoms with Crippen molar-refractivity contribution in [2.75, 3.05) is 32.8 Å². The molecule has 30 heavy (non-hydrogen) atoms. The second kappa shape index (κ2) is 8.52. The van der Waals surface area contributed by atoms with Gasteiger partial charge in [0.1, 0.15) is 11.4 Å². The van der Waals surface area contributed by atoms with Crippen LogP contribution in [0.15, 0.2) is 60.7 Å². The SMILES string of the molecule is Clc1c(-c2ccccc2)nnc2c1c(-c1ccccc1)nn2CCN1CCOCC1. The minimum absolute atomic E-state index is 0.586. The van der Waals surface area contributed by atoms with Crippen LogP contribution in [-0.4, -0.2) is 57.7 Å². The molecule has 0 radical (unpaired) electrons. The van der Waals surface area contributed by atoms with Crippen LogP contribution in [0.4, 0.5) is 0 Å². The van der Waals surface area contributed by atoms with E-state index in [1.165, 1.54) is 0 Å². The van der Waals surface area contributed by atoms with E-state index >= 15 is 0 Å². The van der Waals surface area contributed by atoms with Crippen LogP contribution in [0.25, 0.3) is 33.5 Å². The summed E-state index contributed by atoms with van der Waals surface area (Å²) in [5.74, 6) is 0. The summed E-state index contributed by atoms with van der Waals surface area (Å²) < 4.78 is 7.38. The van der Waals surface area contributed by atoms with E-state index in [0.29, 0.717) is 16.4 Å². The predicted octanol–water partition coefficient (Wildman–Crippen LogP) is 4.15. The molecule has 4 aromatic rings. The van der Waals surface area contributed by atoms with Crippen LogP contribution in [0.2, 0.25) is 5.02 Å². The van der Waals surface area contributed by atoms with Gasteiger partial charge < -0.3 is 4.74 Å². The Balaban J connectivity index is 1.60. The molecular formula is C23H22ClN5O. The Labute approximate surface area is 180 Å². The first-order chi connectivity index (χ1) is 14.8. The Morgan fingerprint density at radius 2 is 1.43 bits per heavy atom. The summed E-state index contributed by atoms with van der Waals surface area (Å²) in [7, 11) is 0. The van der Waals surface area contributed by atoms with E-state index in [0.717, 1.165) is 61.6 Å². The molecule has 1 saturated heterocycles. The molecule has 2 aromatic carbocycles. The molecule has 0 saturated carbocycles. The van der Waals surface area contributed by atoms with E-state index in [4.69, 9.17) is 21.4 Å². The number of ether oxygens (including phenoxy) is 1. The van der Waals surface area contributed by atoms with Gasteiger partial charge in [0.2, 0.25) is 0 Å². The summed E-state index contributed by atoms with van der Waals surface area (Å²) >= 11 is 6.91. The molecule has 1 fully saturated rings. The average molecular weight is 420 g/mol. The van der Waals surface area contributed by atoms with Gasteiger partial charge in [-0.05, 0) is 0 Å². The minimum Gasteiger partial charge on any atom is -0.379 e. The maximum absolute atomic E-state index is 6.91. The summed E-state index contributed by atoms with van der Waals surface area (Å²) in [6, 6.07) is 20.0. The molecule has 0 bridgehead atoms. The van der Waals surface area contributed by atoms with Gasteiger partial charge in [-0.15, -0.1) is 10.2 Å². The summed E-state index contributed by atoms with van der Waals surface area (Å²) in [6.07, 6.45) is 0. The van der Waals surface area contributed by atoms with Crippen LogP contribution < -0.4 is 0 Å². The number of aromatic nitrogens is 4. The Kier molecular flexibility index (Phi) is 5.45. The van der Waals surface area contributed by atoms with Gasteiger partial charge in [-0.25, -0.2) is 4.68 Å². The lowest BCUT2D eigenvalue weighted by atomic mass is 10.1. The second-order valence-electron chi connectivity index (χ2n) is 7.32. The average Bonchev–Trinajstić information content (AvgIpc) is 3.19. The lowest BCUT2D eigenvalue weighted by molar-refractivity contribution is 0.0361. The van der Waals surface area contributed by atoms with Crippen molar-refractivity contribution >= 4 is 22.6 Å². The molecule has 0 atom stereocenters. The maximum Gasteiger partial charge on any atom is 0.182 e. The highest BCUT2D eigenvalue weighted by molar-refractivity contribution is 6.38. The monoisotopic (exact) mass is 419 g/mol. The highest BCUT2D eigenvalue weighted by Crippen LogP contribution is 2.37. The molecule has 0 spiro atoms. The molecule has 0 aliphatic carbocycles. The first kappa shape index (κ1) is 19.2. The normalized spacial score (nSPS) is 15.0. The summed E-state index contributed by atoms with van der Waals surface area (Å²) in [6.45, 7) is 5.04. The van der Waals surface area contributed by atoms with Crippen molar-refractivity contribution in [1.82, 2.24) is 24.9 Å². The maximum atomic E-state index is 6.91. The number of nitrogens with zero attached hydrogens (tertiary/aromatic N) is 5. The molecular weight excluding hydrogens is 398 g/mol. The van der Waals surface area contributed by atoms with Crippen LogP contribution >= 0.6 is 11.6 Å². The number of hydrogen-bond donors (Lipinski definition) is 0. The van der Waals surface area contributed by atoms with E-state index in [9.17, 15) is 0 Å². The molecule has 2 aromatic heterocycles. The molecule has 5 rings (SSSR count). The van der Waals surface area contributed by atoms with Gasteiger partial charge in [0.05, 0.1) is 30.2 Å². The Bertz CT molecular complexity index is 1140. The molecule has 0 unspecified atom stereocenters. The molecule has 3 heterocycles. The largest absolute Gasteiger partial charge is 0.379 e. The third-order valence-corrected chi connectivity index (χ3v) is 5.79. The Morgan fingerprint density at radius 1 is 0.800 bits per heavy atom. The van der Waals surface area contributed by atoms with Crippen molar-refractivity contribution in [2.45, 2.75) is 6.54 Å². The van der Waals surface area contributed by atoms with Crippen LogP contribution in [-0.2, 0) is 11.3 Å². The number of halogens is 1. The van der Waals surface area contributed by atoms with Gasteiger partial charge >= 0.3 is 0 Å². The molecule has 6 nitrogen and oxygen atoms in total. The standard InChI is InChI=1S/C23H22ClN5O/c24-20-19-21(17-7-3-1-4-8-17)27-29(12-11-28-13-15-30-16-14-28)23(19)26-25-22(20)18-9-5-2-6-10-18/h1-10H,11-16H2. The third-order valence-electron chi connectivity index (χ3n) is 5.42. The quantitative estimate of drug-likeness (QED) is 0.486. The molecule has 152 valence electrons. The molecule has 0 amide bonds. The van der Waals surface area contributed by atoms with Gasteiger partial charge in [-0.3, -0.25) is 4.90 Å². The molecule has 1 aliphatic heterocycles. The van der Waals surface area contributed by atoms with E-state index in [1.807, 2.05) is 65.3 Å². The van der Waals surface area contributed by atoms with Crippen molar-refractivity contribution in [1.29, 1.82) is 0 Å². The zero-order chi connectivity index (χ0) is 20.3. The van der Waals surface area contributed by atoms with Crippen LogP contribution in [0.3, 0.4) is 0 Å². The lowest BCUT2D eigenvalue weighted by Crippen LogP contribution is -2.38. The van der Waals surface area contributed by atoms with Gasteiger partial charge in [0.25, 0.3) is 0 Å². The fourth-order valence-corrected chi connectivity index (χ4v) is 4.13. The third kappa shape index (κ3) is 3.69. The van der Waals surface area contributed by atoms with Gasteiger partial charge in [0.15, 0.2) is 5.65 Å². The van der Waals surface area contributed by atoms with Crippen molar-refractivity contribution in [3.8, 4) is 22.5 Å². The predicted molar refractivity (Wildman–Crippen MR) is 118 cm³/mol. The van der Waals surface area contributed by atoms with Crippen molar-refractivity contribution in [3.05, 3.63) is 65.7 Å². The fourth-order valence-electron chi connectivity index (χ4n) is 3.81. The second-order valence-corrected chi connectivity index (χ2v) is 7.70. The molecule has 0 N–H and O–H groups in total. The van der Waals surface area contributed by atoms with Gasteiger partial charge in [-0.1, -0.05) is 72.3 Å². The number of fused-ring (bicyclic) bond motifs is 1. The Morgan fingerprint density at radius 3 is 2.10 bits per heavy atom. The van der Waals surface area contributed by atoms with Gasteiger partial charge in [-0.2, -0.15) is 5.10 Å². The van der Waals surface area contributed by atoms with E-state index in [-0.39, 0.29) is 0 Å². The lowest BCUT2D eigenvalue weighted by Gasteiger charge is -2.26. The first-order valence-corrected chi connectivity index (χ1v) is 10.5. The van der Waals surface area contributed by atoms with Crippen molar-refractivity contribution in [2.24, 2.45) is 0 Å². The van der Waals surface area contributed by atoms with Crippen LogP contribution in [0.5, 0.6) is 0 Å². The van der Waals surface area contributed by atoms with Crippen molar-refractivity contribution in [3.63, 3.8) is 0 Å². The number of morpholine rings is 1. The Hall–Kier alpha value is -2.80. The molecule has 1 aliphatic rings.